The number of hydrogen-bond acceptors (Lipinski definition) is 5. The van der Waals surface area contributed by atoms with Crippen molar-refractivity contribution in [3.63, 3.8) is 0 Å². The van der Waals surface area contributed by atoms with Crippen molar-refractivity contribution in [3.8, 4) is 44.9 Å². The van der Waals surface area contributed by atoms with Crippen molar-refractivity contribution >= 4 is 39.9 Å². The Bertz CT molecular complexity index is 3100. The highest BCUT2D eigenvalue weighted by atomic mass is 16.5. The van der Waals surface area contributed by atoms with Gasteiger partial charge in [-0.1, -0.05) is 127 Å². The van der Waals surface area contributed by atoms with Crippen molar-refractivity contribution in [1.82, 2.24) is 4.98 Å². The smallest absolute Gasteiger partial charge is 0.137 e. The number of nitrogens with zero attached hydrogens (tertiary/aromatic N) is 4. The predicted octanol–water partition coefficient (Wildman–Crippen LogP) is 17.4. The van der Waals surface area contributed by atoms with Gasteiger partial charge in [-0.3, -0.25) is 4.90 Å². The molecule has 0 amide bonds. The van der Waals surface area contributed by atoms with E-state index >= 15 is 0 Å². The first-order valence-electron chi connectivity index (χ1n) is 23.5. The average Bonchev–Trinajstić information content (AvgIpc) is 3.63. The summed E-state index contributed by atoms with van der Waals surface area (Å²) in [5, 5.41) is 0. The van der Waals surface area contributed by atoms with Crippen molar-refractivity contribution in [2.45, 2.75) is 86.5 Å². The number of anilines is 7. The van der Waals surface area contributed by atoms with Crippen LogP contribution in [0.4, 0.5) is 39.9 Å². The largest absolute Gasteiger partial charge is 0.457 e. The highest BCUT2D eigenvalue weighted by Crippen LogP contribution is 2.53. The second-order valence-corrected chi connectivity index (χ2v) is 19.9. The van der Waals surface area contributed by atoms with E-state index in [1.807, 2.05) is 6.20 Å². The molecular formula is C61H60N4O. The lowest BCUT2D eigenvalue weighted by Crippen LogP contribution is -2.26. The van der Waals surface area contributed by atoms with Gasteiger partial charge in [0.15, 0.2) is 0 Å². The van der Waals surface area contributed by atoms with Gasteiger partial charge in [0.05, 0.1) is 22.7 Å². The van der Waals surface area contributed by atoms with Crippen LogP contribution in [0.15, 0.2) is 158 Å². The monoisotopic (exact) mass is 864 g/mol. The van der Waals surface area contributed by atoms with Gasteiger partial charge < -0.3 is 14.5 Å². The Kier molecular flexibility index (Phi) is 10.8. The second kappa shape index (κ2) is 16.7. The van der Waals surface area contributed by atoms with Gasteiger partial charge in [0, 0.05) is 40.8 Å². The topological polar surface area (TPSA) is 31.8 Å². The summed E-state index contributed by atoms with van der Waals surface area (Å²) in [6, 6.07) is 55.2. The third-order valence-electron chi connectivity index (χ3n) is 13.5. The fourth-order valence-electron chi connectivity index (χ4n) is 10.3. The third kappa shape index (κ3) is 7.60. The molecule has 7 aromatic carbocycles. The molecule has 8 aromatic rings. The lowest BCUT2D eigenvalue weighted by Gasteiger charge is -2.30. The third-order valence-corrected chi connectivity index (χ3v) is 13.5. The van der Waals surface area contributed by atoms with Gasteiger partial charge in [-0.25, -0.2) is 4.98 Å². The van der Waals surface area contributed by atoms with E-state index in [4.69, 9.17) is 9.72 Å². The molecule has 0 radical (unpaired) electrons. The van der Waals surface area contributed by atoms with Gasteiger partial charge in [-0.15, -0.1) is 0 Å². The number of ether oxygens (including phenoxy) is 1. The predicted molar refractivity (Wildman–Crippen MR) is 278 cm³/mol. The Balaban J connectivity index is 1.04. The number of hydrogen-bond donors (Lipinski definition) is 0. The second-order valence-electron chi connectivity index (χ2n) is 19.9. The van der Waals surface area contributed by atoms with Gasteiger partial charge in [-0.2, -0.15) is 0 Å². The first kappa shape index (κ1) is 42.8. The van der Waals surface area contributed by atoms with Gasteiger partial charge in [0.2, 0.25) is 0 Å². The van der Waals surface area contributed by atoms with E-state index in [-0.39, 0.29) is 5.41 Å². The molecule has 2 aliphatic heterocycles. The van der Waals surface area contributed by atoms with Crippen LogP contribution in [0.5, 0.6) is 11.5 Å². The SMILES string of the molecule is Cc1cc(C)c(-c2cc(C(C)C)c(N3CN(c4cccc(Oc5ccc6c(c5)N(c5cc(C(C)(C)C)ccn5)c5ccccc5-c5ccccc5-6)c4)c4ccccc43)c(C(C)C)c2)c(C)c1. The van der Waals surface area contributed by atoms with Crippen LogP contribution in [0.3, 0.4) is 0 Å². The molecule has 330 valence electrons. The lowest BCUT2D eigenvalue weighted by atomic mass is 9.85. The number of benzene rings is 7. The average molecular weight is 865 g/mol. The molecule has 0 fully saturated rings. The first-order valence-corrected chi connectivity index (χ1v) is 23.5. The zero-order valence-electron chi connectivity index (χ0n) is 40.1. The molecule has 0 bridgehead atoms. The number of para-hydroxylation sites is 3. The Hall–Kier alpha value is -7.11. The minimum Gasteiger partial charge on any atom is -0.457 e. The Labute approximate surface area is 392 Å². The minimum atomic E-state index is -0.0458. The van der Waals surface area contributed by atoms with Crippen LogP contribution in [0.2, 0.25) is 0 Å². The summed E-state index contributed by atoms with van der Waals surface area (Å²) in [6.45, 7) is 23.5. The lowest BCUT2D eigenvalue weighted by molar-refractivity contribution is 0.483. The fraction of sp³-hybridized carbons (Fsp3) is 0.230. The summed E-state index contributed by atoms with van der Waals surface area (Å²) in [4.78, 5) is 12.3. The number of aryl methyl sites for hydroxylation is 3. The summed E-state index contributed by atoms with van der Waals surface area (Å²) >= 11 is 0. The molecule has 0 saturated heterocycles. The minimum absolute atomic E-state index is 0.0458. The molecule has 0 spiro atoms. The van der Waals surface area contributed by atoms with E-state index in [1.54, 1.807) is 0 Å². The van der Waals surface area contributed by atoms with Crippen LogP contribution < -0.4 is 19.4 Å². The van der Waals surface area contributed by atoms with E-state index in [1.165, 1.54) is 72.7 Å². The van der Waals surface area contributed by atoms with E-state index in [0.717, 1.165) is 45.5 Å². The molecule has 1 aromatic heterocycles. The number of fused-ring (bicyclic) bond motifs is 6. The van der Waals surface area contributed by atoms with Crippen LogP contribution in [-0.2, 0) is 5.41 Å². The molecule has 0 atom stereocenters. The Morgan fingerprint density at radius 2 is 1.11 bits per heavy atom. The highest BCUT2D eigenvalue weighted by molar-refractivity contribution is 6.02. The molecule has 5 heteroatoms. The Morgan fingerprint density at radius 3 is 1.74 bits per heavy atom. The van der Waals surface area contributed by atoms with Crippen LogP contribution >= 0.6 is 0 Å². The maximum absolute atomic E-state index is 6.92. The summed E-state index contributed by atoms with van der Waals surface area (Å²) < 4.78 is 6.92. The maximum atomic E-state index is 6.92. The molecule has 66 heavy (non-hydrogen) atoms. The van der Waals surface area contributed by atoms with E-state index in [0.29, 0.717) is 18.5 Å². The summed E-state index contributed by atoms with van der Waals surface area (Å²) in [7, 11) is 0. The normalized spacial score (nSPS) is 13.1. The Morgan fingerprint density at radius 1 is 0.530 bits per heavy atom. The van der Waals surface area contributed by atoms with Crippen molar-refractivity contribution in [2.24, 2.45) is 0 Å². The zero-order valence-corrected chi connectivity index (χ0v) is 40.1. The molecule has 0 saturated carbocycles. The van der Waals surface area contributed by atoms with E-state index in [9.17, 15) is 0 Å². The fourth-order valence-corrected chi connectivity index (χ4v) is 10.3. The van der Waals surface area contributed by atoms with E-state index in [2.05, 4.69) is 236 Å². The number of pyridine rings is 1. The van der Waals surface area contributed by atoms with Crippen LogP contribution in [0.1, 0.15) is 93.7 Å². The quantitative estimate of drug-likeness (QED) is 0.152. The van der Waals surface area contributed by atoms with Gasteiger partial charge in [-0.05, 0) is 155 Å². The summed E-state index contributed by atoms with van der Waals surface area (Å²) in [5.74, 6) is 3.04. The maximum Gasteiger partial charge on any atom is 0.137 e. The van der Waals surface area contributed by atoms with Crippen molar-refractivity contribution in [3.05, 3.63) is 191 Å². The number of rotatable bonds is 8. The summed E-state index contributed by atoms with van der Waals surface area (Å²) in [6.07, 6.45) is 1.94. The zero-order chi connectivity index (χ0) is 46.0. The standard InChI is InChI=1S/C61H60N4O/c1-38(2)52-32-43(59-41(6)30-40(5)31-42(59)7)33-53(39(3)4)60(52)64-37-63(55-24-15-16-25-56(55)64)45-18-17-19-46(35-45)66-47-26-27-51-49-21-12-11-20-48(49)50-22-13-14-23-54(50)65(57(51)36-47)58-34-44(28-29-62-58)61(8,9)10/h11-36,38-39H,37H2,1-10H3. The van der Waals surface area contributed by atoms with E-state index < -0.39 is 0 Å². The van der Waals surface area contributed by atoms with Gasteiger partial charge in [0.1, 0.15) is 24.0 Å². The molecule has 0 N–H and O–H groups in total. The van der Waals surface area contributed by atoms with Crippen molar-refractivity contribution in [1.29, 1.82) is 0 Å². The molecule has 2 aliphatic rings. The summed E-state index contributed by atoms with van der Waals surface area (Å²) in [5.41, 5.74) is 22.0. The molecule has 0 aliphatic carbocycles. The highest BCUT2D eigenvalue weighted by Gasteiger charge is 2.33. The van der Waals surface area contributed by atoms with Crippen molar-refractivity contribution in [2.75, 3.05) is 21.4 Å². The molecule has 3 heterocycles. The molecule has 5 nitrogen and oxygen atoms in total. The van der Waals surface area contributed by atoms with Crippen LogP contribution in [0.25, 0.3) is 33.4 Å². The molecule has 10 rings (SSSR count). The van der Waals surface area contributed by atoms with Gasteiger partial charge in [0.25, 0.3) is 0 Å². The van der Waals surface area contributed by atoms with Crippen LogP contribution in [0, 0.1) is 20.8 Å². The molecule has 0 unspecified atom stereocenters. The number of aromatic nitrogens is 1. The first-order chi connectivity index (χ1) is 31.7. The van der Waals surface area contributed by atoms with Crippen LogP contribution in [-0.4, -0.2) is 11.7 Å². The molecular weight excluding hydrogens is 805 g/mol. The van der Waals surface area contributed by atoms with Crippen molar-refractivity contribution < 1.29 is 4.74 Å². The van der Waals surface area contributed by atoms with Gasteiger partial charge >= 0.3 is 0 Å².